The minimum absolute atomic E-state index is 0.0489. The summed E-state index contributed by atoms with van der Waals surface area (Å²) in [5.41, 5.74) is 2.77. The Balaban J connectivity index is 1.34. The minimum Gasteiger partial charge on any atom is -0.491 e. The van der Waals surface area contributed by atoms with Crippen LogP contribution < -0.4 is 4.74 Å². The number of nitrogens with zero attached hydrogens (tertiary/aromatic N) is 2. The number of aryl methyl sites for hydroxylation is 1. The van der Waals surface area contributed by atoms with Crippen LogP contribution in [0.4, 0.5) is 4.39 Å². The Morgan fingerprint density at radius 3 is 2.68 bits per heavy atom. The van der Waals surface area contributed by atoms with Gasteiger partial charge in [0.05, 0.1) is 6.04 Å². The highest BCUT2D eigenvalue weighted by atomic mass is 32.1. The van der Waals surface area contributed by atoms with Gasteiger partial charge in [0.2, 0.25) is 5.91 Å². The number of hydrogen-bond acceptors (Lipinski definition) is 4. The number of fused-ring (bicyclic) bond motifs is 1. The monoisotopic (exact) mass is 478 g/mol. The average molecular weight is 479 g/mol. The lowest BCUT2D eigenvalue weighted by Crippen LogP contribution is -2.48. The second-order valence-corrected chi connectivity index (χ2v) is 9.95. The van der Waals surface area contributed by atoms with Gasteiger partial charge in [-0.05, 0) is 67.5 Å². The van der Waals surface area contributed by atoms with E-state index in [9.17, 15) is 14.0 Å². The van der Waals surface area contributed by atoms with Gasteiger partial charge in [0.1, 0.15) is 24.7 Å². The summed E-state index contributed by atoms with van der Waals surface area (Å²) in [5, 5.41) is 2.03. The van der Waals surface area contributed by atoms with Gasteiger partial charge in [-0.2, -0.15) is 0 Å². The van der Waals surface area contributed by atoms with Crippen LogP contribution in [-0.4, -0.2) is 47.4 Å². The van der Waals surface area contributed by atoms with Crippen LogP contribution in [0.3, 0.4) is 0 Å². The van der Waals surface area contributed by atoms with Gasteiger partial charge in [-0.15, -0.1) is 11.3 Å². The molecule has 1 saturated carbocycles. The number of carbonyl (C=O) groups excluding carboxylic acids is 2. The standard InChI is InChI=1S/C27H27FN2O3S/c1-18-5-7-19(8-6-18)27(32)30(21-9-10-21)16-26(31)29-13-11-25-23(12-14-34-25)24(29)17-33-22-4-2-3-20(28)15-22/h2-8,12,14-15,21,24H,9-11,13,16-17H2,1H3. The Morgan fingerprint density at radius 1 is 1.15 bits per heavy atom. The van der Waals surface area contributed by atoms with Gasteiger partial charge in [0.25, 0.3) is 5.91 Å². The fraction of sp³-hybridized carbons (Fsp3) is 0.333. The first-order chi connectivity index (χ1) is 16.5. The highest BCUT2D eigenvalue weighted by Gasteiger charge is 2.38. The van der Waals surface area contributed by atoms with E-state index in [4.69, 9.17) is 4.74 Å². The van der Waals surface area contributed by atoms with Crippen molar-refractivity contribution in [2.45, 2.75) is 38.3 Å². The Kier molecular flexibility index (Phi) is 6.37. The van der Waals surface area contributed by atoms with Crippen LogP contribution in [0.5, 0.6) is 5.75 Å². The molecule has 0 saturated heterocycles. The summed E-state index contributed by atoms with van der Waals surface area (Å²) in [5.74, 6) is -0.113. The molecule has 0 spiro atoms. The number of rotatable bonds is 7. The highest BCUT2D eigenvalue weighted by molar-refractivity contribution is 7.10. The summed E-state index contributed by atoms with van der Waals surface area (Å²) in [6, 6.07) is 15.4. The molecule has 176 valence electrons. The van der Waals surface area contributed by atoms with Crippen molar-refractivity contribution >= 4 is 23.2 Å². The predicted octanol–water partition coefficient (Wildman–Crippen LogP) is 5.01. The highest BCUT2D eigenvalue weighted by Crippen LogP contribution is 2.35. The number of halogens is 1. The molecule has 2 amide bonds. The molecule has 5 nitrogen and oxygen atoms in total. The summed E-state index contributed by atoms with van der Waals surface area (Å²) in [6.45, 7) is 2.83. The molecule has 7 heteroatoms. The molecular weight excluding hydrogens is 451 g/mol. The van der Waals surface area contributed by atoms with Crippen molar-refractivity contribution < 1.29 is 18.7 Å². The van der Waals surface area contributed by atoms with E-state index in [0.717, 1.165) is 30.4 Å². The molecule has 2 aromatic carbocycles. The molecule has 3 aromatic rings. The van der Waals surface area contributed by atoms with Crippen LogP contribution in [0.1, 0.15) is 45.2 Å². The Morgan fingerprint density at radius 2 is 1.94 bits per heavy atom. The Labute approximate surface area is 202 Å². The largest absolute Gasteiger partial charge is 0.491 e. The molecule has 2 heterocycles. The molecule has 1 aliphatic carbocycles. The van der Waals surface area contributed by atoms with E-state index >= 15 is 0 Å². The fourth-order valence-corrected chi connectivity index (χ4v) is 5.39. The lowest BCUT2D eigenvalue weighted by atomic mass is 10.0. The maximum atomic E-state index is 13.6. The molecule has 1 aliphatic heterocycles. The first-order valence-corrected chi connectivity index (χ1v) is 12.5. The van der Waals surface area contributed by atoms with Gasteiger partial charge in [0, 0.05) is 29.1 Å². The van der Waals surface area contributed by atoms with Crippen molar-refractivity contribution in [1.82, 2.24) is 9.80 Å². The van der Waals surface area contributed by atoms with Gasteiger partial charge < -0.3 is 14.5 Å². The molecule has 0 bridgehead atoms. The van der Waals surface area contributed by atoms with Crippen molar-refractivity contribution in [2.24, 2.45) is 0 Å². The molecule has 0 radical (unpaired) electrons. The van der Waals surface area contributed by atoms with Crippen molar-refractivity contribution in [1.29, 1.82) is 0 Å². The second-order valence-electron chi connectivity index (χ2n) is 8.95. The summed E-state index contributed by atoms with van der Waals surface area (Å²) in [6.07, 6.45) is 2.63. The SMILES string of the molecule is Cc1ccc(C(=O)N(CC(=O)N2CCc3sccc3C2COc2cccc(F)c2)C2CC2)cc1. The third kappa shape index (κ3) is 4.85. The average Bonchev–Trinajstić information content (AvgIpc) is 3.56. The third-order valence-corrected chi connectivity index (χ3v) is 7.47. The normalized spacial score (nSPS) is 17.2. The smallest absolute Gasteiger partial charge is 0.254 e. The topological polar surface area (TPSA) is 49.9 Å². The van der Waals surface area contributed by atoms with Crippen molar-refractivity contribution in [2.75, 3.05) is 19.7 Å². The molecule has 1 unspecified atom stereocenters. The van der Waals surface area contributed by atoms with E-state index in [1.54, 1.807) is 28.4 Å². The van der Waals surface area contributed by atoms with E-state index in [0.29, 0.717) is 17.9 Å². The van der Waals surface area contributed by atoms with Gasteiger partial charge in [-0.25, -0.2) is 4.39 Å². The van der Waals surface area contributed by atoms with Gasteiger partial charge in [-0.1, -0.05) is 23.8 Å². The summed E-state index contributed by atoms with van der Waals surface area (Å²) < 4.78 is 19.5. The van der Waals surface area contributed by atoms with Crippen molar-refractivity contribution in [3.05, 3.63) is 87.4 Å². The molecule has 1 aromatic heterocycles. The van der Waals surface area contributed by atoms with Crippen LogP contribution in [0.25, 0.3) is 0 Å². The summed E-state index contributed by atoms with van der Waals surface area (Å²) in [7, 11) is 0. The molecule has 1 atom stereocenters. The molecule has 5 rings (SSSR count). The Bertz CT molecular complexity index is 1190. The second kappa shape index (κ2) is 9.58. The lowest BCUT2D eigenvalue weighted by molar-refractivity contribution is -0.135. The first kappa shape index (κ1) is 22.6. The quantitative estimate of drug-likeness (QED) is 0.480. The number of amides is 2. The predicted molar refractivity (Wildman–Crippen MR) is 130 cm³/mol. The molecule has 34 heavy (non-hydrogen) atoms. The van der Waals surface area contributed by atoms with Crippen LogP contribution >= 0.6 is 11.3 Å². The fourth-order valence-electron chi connectivity index (χ4n) is 4.46. The molecule has 1 fully saturated rings. The number of carbonyl (C=O) groups is 2. The maximum Gasteiger partial charge on any atom is 0.254 e. The van der Waals surface area contributed by atoms with Crippen LogP contribution in [0.15, 0.2) is 60.0 Å². The lowest BCUT2D eigenvalue weighted by Gasteiger charge is -2.37. The Hall–Kier alpha value is -3.19. The summed E-state index contributed by atoms with van der Waals surface area (Å²) in [4.78, 5) is 31.6. The van der Waals surface area contributed by atoms with E-state index in [2.05, 4.69) is 0 Å². The number of benzene rings is 2. The first-order valence-electron chi connectivity index (χ1n) is 11.6. The van der Waals surface area contributed by atoms with Crippen LogP contribution in [0.2, 0.25) is 0 Å². The van der Waals surface area contributed by atoms with E-state index in [-0.39, 0.29) is 42.9 Å². The molecular formula is C27H27FN2O3S. The zero-order valence-corrected chi connectivity index (χ0v) is 19.9. The van der Waals surface area contributed by atoms with E-state index in [1.165, 1.54) is 17.0 Å². The van der Waals surface area contributed by atoms with Crippen LogP contribution in [0, 0.1) is 12.7 Å². The van der Waals surface area contributed by atoms with E-state index in [1.807, 2.05) is 47.5 Å². The van der Waals surface area contributed by atoms with Crippen LogP contribution in [-0.2, 0) is 11.2 Å². The van der Waals surface area contributed by atoms with Gasteiger partial charge >= 0.3 is 0 Å². The van der Waals surface area contributed by atoms with E-state index < -0.39 is 0 Å². The maximum absolute atomic E-state index is 13.6. The number of ether oxygens (including phenoxy) is 1. The molecule has 2 aliphatic rings. The zero-order valence-electron chi connectivity index (χ0n) is 19.1. The number of thiophene rings is 1. The van der Waals surface area contributed by atoms with Crippen molar-refractivity contribution in [3.63, 3.8) is 0 Å². The van der Waals surface area contributed by atoms with Gasteiger partial charge in [0.15, 0.2) is 0 Å². The summed E-state index contributed by atoms with van der Waals surface area (Å²) >= 11 is 1.68. The molecule has 0 N–H and O–H groups in total. The third-order valence-electron chi connectivity index (χ3n) is 6.47. The zero-order chi connectivity index (χ0) is 23.7. The van der Waals surface area contributed by atoms with Gasteiger partial charge in [-0.3, -0.25) is 9.59 Å². The minimum atomic E-state index is -0.361. The van der Waals surface area contributed by atoms with Crippen molar-refractivity contribution in [3.8, 4) is 5.75 Å². The number of hydrogen-bond donors (Lipinski definition) is 0.